The third kappa shape index (κ3) is 2.74. The van der Waals surface area contributed by atoms with Crippen molar-refractivity contribution in [3.05, 3.63) is 54.6 Å². The van der Waals surface area contributed by atoms with Crippen LogP contribution in [-0.2, 0) is 13.0 Å². The van der Waals surface area contributed by atoms with Gasteiger partial charge in [0, 0.05) is 37.8 Å². The normalized spacial score (nSPS) is 10.8. The van der Waals surface area contributed by atoms with E-state index < -0.39 is 0 Å². The summed E-state index contributed by atoms with van der Waals surface area (Å²) in [5.41, 5.74) is 0.995. The van der Waals surface area contributed by atoms with Crippen LogP contribution in [0.4, 0.5) is 0 Å². The summed E-state index contributed by atoms with van der Waals surface area (Å²) >= 11 is 0. The summed E-state index contributed by atoms with van der Waals surface area (Å²) in [5.74, 6) is 1.76. The summed E-state index contributed by atoms with van der Waals surface area (Å²) in [6.07, 6.45) is 9.14. The smallest absolute Gasteiger partial charge is 0.148 e. The van der Waals surface area contributed by atoms with E-state index in [2.05, 4.69) is 20.2 Å². The lowest BCUT2D eigenvalue weighted by molar-refractivity contribution is 0.566. The average Bonchev–Trinajstić information content (AvgIpc) is 3.10. The van der Waals surface area contributed by atoms with Crippen molar-refractivity contribution in [3.63, 3.8) is 0 Å². The fourth-order valence-electron chi connectivity index (χ4n) is 2.14. The first-order chi connectivity index (χ1) is 9.83. The third-order valence-electron chi connectivity index (χ3n) is 3.03. The molecule has 3 aromatic rings. The van der Waals surface area contributed by atoms with Crippen molar-refractivity contribution in [2.75, 3.05) is 0 Å². The number of aryl methyl sites for hydroxylation is 3. The quantitative estimate of drug-likeness (QED) is 0.708. The van der Waals surface area contributed by atoms with Gasteiger partial charge in [-0.1, -0.05) is 0 Å². The Bertz CT molecular complexity index is 656. The topological polar surface area (TPSA) is 61.4 Å². The summed E-state index contributed by atoms with van der Waals surface area (Å²) in [6.45, 7) is 2.80. The van der Waals surface area contributed by atoms with Crippen molar-refractivity contribution in [1.82, 2.24) is 29.5 Å². The van der Waals surface area contributed by atoms with E-state index in [0.29, 0.717) is 0 Å². The van der Waals surface area contributed by atoms with Crippen LogP contribution >= 0.6 is 0 Å². The monoisotopic (exact) mass is 268 g/mol. The Kier molecular flexibility index (Phi) is 3.54. The van der Waals surface area contributed by atoms with Crippen molar-refractivity contribution in [1.29, 1.82) is 0 Å². The van der Waals surface area contributed by atoms with Crippen LogP contribution in [0.2, 0.25) is 0 Å². The molecule has 0 amide bonds. The maximum Gasteiger partial charge on any atom is 0.148 e. The highest BCUT2D eigenvalue weighted by Gasteiger charge is 2.09. The molecule has 0 saturated heterocycles. The van der Waals surface area contributed by atoms with Crippen LogP contribution in [0.25, 0.3) is 5.69 Å². The minimum absolute atomic E-state index is 0.788. The number of aromatic nitrogens is 6. The van der Waals surface area contributed by atoms with Crippen LogP contribution in [0.5, 0.6) is 0 Å². The Morgan fingerprint density at radius 3 is 2.75 bits per heavy atom. The van der Waals surface area contributed by atoms with Crippen molar-refractivity contribution in [2.24, 2.45) is 0 Å². The van der Waals surface area contributed by atoms with Gasteiger partial charge in [0.25, 0.3) is 0 Å². The molecule has 0 aliphatic heterocycles. The van der Waals surface area contributed by atoms with Crippen LogP contribution in [0.3, 0.4) is 0 Å². The minimum Gasteiger partial charge on any atom is -0.273 e. The highest BCUT2D eigenvalue weighted by molar-refractivity contribution is 5.28. The van der Waals surface area contributed by atoms with E-state index in [1.165, 1.54) is 0 Å². The lowest BCUT2D eigenvalue weighted by Gasteiger charge is -2.05. The maximum absolute atomic E-state index is 4.51. The fraction of sp³-hybridized carbons (Fsp3) is 0.286. The van der Waals surface area contributed by atoms with E-state index in [0.717, 1.165) is 36.7 Å². The van der Waals surface area contributed by atoms with Crippen molar-refractivity contribution < 1.29 is 0 Å². The maximum atomic E-state index is 4.51. The second kappa shape index (κ2) is 5.64. The van der Waals surface area contributed by atoms with E-state index in [1.54, 1.807) is 18.6 Å². The molecule has 3 rings (SSSR count). The molecule has 0 bridgehead atoms. The molecule has 0 saturated carbocycles. The summed E-state index contributed by atoms with van der Waals surface area (Å²) < 4.78 is 3.82. The first-order valence-corrected chi connectivity index (χ1v) is 6.63. The van der Waals surface area contributed by atoms with E-state index in [-0.39, 0.29) is 0 Å². The molecule has 20 heavy (non-hydrogen) atoms. The van der Waals surface area contributed by atoms with Crippen LogP contribution in [0.15, 0.2) is 43.0 Å². The van der Waals surface area contributed by atoms with Gasteiger partial charge < -0.3 is 0 Å². The molecule has 0 radical (unpaired) electrons. The highest BCUT2D eigenvalue weighted by Crippen LogP contribution is 2.10. The van der Waals surface area contributed by atoms with Gasteiger partial charge >= 0.3 is 0 Å². The average molecular weight is 268 g/mol. The lowest BCUT2D eigenvalue weighted by atomic mass is 10.3. The van der Waals surface area contributed by atoms with Gasteiger partial charge in [-0.3, -0.25) is 9.67 Å². The van der Waals surface area contributed by atoms with Gasteiger partial charge in [-0.15, -0.1) is 0 Å². The molecule has 6 heteroatoms. The van der Waals surface area contributed by atoms with Crippen LogP contribution < -0.4 is 0 Å². The molecule has 0 N–H and O–H groups in total. The Balaban J connectivity index is 1.73. The number of hydrogen-bond donors (Lipinski definition) is 0. The van der Waals surface area contributed by atoms with Crippen LogP contribution in [0, 0.1) is 6.92 Å². The number of rotatable bonds is 5. The first-order valence-electron chi connectivity index (χ1n) is 6.63. The summed E-state index contributed by atoms with van der Waals surface area (Å²) in [4.78, 5) is 8.54. The Morgan fingerprint density at radius 2 is 2.00 bits per heavy atom. The van der Waals surface area contributed by atoms with E-state index in [4.69, 9.17) is 0 Å². The molecule has 0 atom stereocenters. The third-order valence-corrected chi connectivity index (χ3v) is 3.03. The molecule has 3 aromatic heterocycles. The largest absolute Gasteiger partial charge is 0.273 e. The summed E-state index contributed by atoms with van der Waals surface area (Å²) in [7, 11) is 0. The molecule has 102 valence electrons. The summed E-state index contributed by atoms with van der Waals surface area (Å²) in [5, 5.41) is 8.65. The Morgan fingerprint density at radius 1 is 1.15 bits per heavy atom. The second-order valence-corrected chi connectivity index (χ2v) is 4.57. The molecular formula is C14H16N6. The molecule has 0 aliphatic rings. The Hall–Kier alpha value is -2.50. The first kappa shape index (κ1) is 12.5. The van der Waals surface area contributed by atoms with Gasteiger partial charge in [0.2, 0.25) is 0 Å². The van der Waals surface area contributed by atoms with Gasteiger partial charge in [-0.25, -0.2) is 9.67 Å². The molecule has 3 heterocycles. The SMILES string of the molecule is Cc1nc(CCCn2cccn2)n(-c2ccncc2)n1. The predicted octanol–water partition coefficient (Wildman–Crippen LogP) is 1.80. The van der Waals surface area contributed by atoms with Crippen molar-refractivity contribution in [3.8, 4) is 5.69 Å². The van der Waals surface area contributed by atoms with Crippen molar-refractivity contribution >= 4 is 0 Å². The number of hydrogen-bond acceptors (Lipinski definition) is 4. The molecule has 0 aliphatic carbocycles. The van der Waals surface area contributed by atoms with E-state index in [1.807, 2.05) is 40.7 Å². The Labute approximate surface area is 117 Å². The van der Waals surface area contributed by atoms with Crippen molar-refractivity contribution in [2.45, 2.75) is 26.3 Å². The highest BCUT2D eigenvalue weighted by atomic mass is 15.3. The second-order valence-electron chi connectivity index (χ2n) is 4.57. The molecule has 0 fully saturated rings. The molecule has 0 aromatic carbocycles. The standard InChI is InChI=1S/C14H16N6/c1-12-17-14(4-2-10-19-11-3-7-16-19)20(18-12)13-5-8-15-9-6-13/h3,5-9,11H,2,4,10H2,1H3. The molecular weight excluding hydrogens is 252 g/mol. The van der Waals surface area contributed by atoms with E-state index in [9.17, 15) is 0 Å². The van der Waals surface area contributed by atoms with Gasteiger partial charge in [0.1, 0.15) is 11.6 Å². The van der Waals surface area contributed by atoms with Gasteiger partial charge in [0.05, 0.1) is 5.69 Å². The molecule has 6 nitrogen and oxygen atoms in total. The van der Waals surface area contributed by atoms with Gasteiger partial charge in [-0.05, 0) is 31.5 Å². The van der Waals surface area contributed by atoms with Gasteiger partial charge in [-0.2, -0.15) is 10.2 Å². The predicted molar refractivity (Wildman–Crippen MR) is 74.4 cm³/mol. The number of pyridine rings is 1. The van der Waals surface area contributed by atoms with E-state index >= 15 is 0 Å². The van der Waals surface area contributed by atoms with Crippen LogP contribution in [0.1, 0.15) is 18.1 Å². The minimum atomic E-state index is 0.788. The molecule has 0 spiro atoms. The van der Waals surface area contributed by atoms with Gasteiger partial charge in [0.15, 0.2) is 0 Å². The zero-order valence-electron chi connectivity index (χ0n) is 11.3. The number of nitrogens with zero attached hydrogens (tertiary/aromatic N) is 6. The summed E-state index contributed by atoms with van der Waals surface area (Å²) in [6, 6.07) is 5.81. The zero-order valence-corrected chi connectivity index (χ0v) is 11.3. The molecule has 0 unspecified atom stereocenters. The zero-order chi connectivity index (χ0) is 13.8. The fourth-order valence-corrected chi connectivity index (χ4v) is 2.14. The van der Waals surface area contributed by atoms with Crippen LogP contribution in [-0.4, -0.2) is 29.5 Å². The lowest BCUT2D eigenvalue weighted by Crippen LogP contribution is -2.06.